The van der Waals surface area contributed by atoms with Crippen molar-refractivity contribution in [1.82, 2.24) is 4.90 Å². The van der Waals surface area contributed by atoms with Crippen LogP contribution in [-0.2, 0) is 17.6 Å². The van der Waals surface area contributed by atoms with Crippen molar-refractivity contribution in [2.75, 3.05) is 7.05 Å². The highest BCUT2D eigenvalue weighted by Gasteiger charge is 2.31. The van der Waals surface area contributed by atoms with E-state index >= 15 is 0 Å². The molecule has 0 aliphatic heterocycles. The lowest BCUT2D eigenvalue weighted by Crippen LogP contribution is -2.43. The van der Waals surface area contributed by atoms with Gasteiger partial charge in [-0.25, -0.2) is 9.59 Å². The smallest absolute Gasteiger partial charge is 0.410 e. The summed E-state index contributed by atoms with van der Waals surface area (Å²) in [5.74, 6) is -0.895. The molecule has 1 N–H and O–H groups in total. The number of rotatable bonds is 2. The number of thiophene rings is 1. The Kier molecular flexibility index (Phi) is 4.27. The zero-order chi connectivity index (χ0) is 15.8. The van der Waals surface area contributed by atoms with Gasteiger partial charge in [0.15, 0.2) is 0 Å². The molecule has 1 heterocycles. The zero-order valence-corrected chi connectivity index (χ0v) is 13.6. The lowest BCUT2D eigenvalue weighted by molar-refractivity contribution is 0.0210. The van der Waals surface area contributed by atoms with Crippen molar-refractivity contribution >= 4 is 23.4 Å². The molecule has 0 saturated heterocycles. The van der Waals surface area contributed by atoms with Crippen LogP contribution in [0.5, 0.6) is 0 Å². The van der Waals surface area contributed by atoms with Gasteiger partial charge in [-0.2, -0.15) is 0 Å². The van der Waals surface area contributed by atoms with Crippen molar-refractivity contribution in [1.29, 1.82) is 0 Å². The average Bonchev–Trinajstić information content (AvgIpc) is 2.78. The fraction of sp³-hybridized carbons (Fsp3) is 0.600. The summed E-state index contributed by atoms with van der Waals surface area (Å²) >= 11 is 1.50. The second-order valence-corrected chi connectivity index (χ2v) is 7.31. The van der Waals surface area contributed by atoms with Crippen molar-refractivity contribution < 1.29 is 19.4 Å². The van der Waals surface area contributed by atoms with E-state index in [1.807, 2.05) is 20.8 Å². The van der Waals surface area contributed by atoms with Crippen LogP contribution in [0.3, 0.4) is 0 Å². The third kappa shape index (κ3) is 3.56. The van der Waals surface area contributed by atoms with E-state index in [0.29, 0.717) is 12.0 Å². The number of likely N-dealkylation sites (N-methyl/N-ethyl adjacent to an activating group) is 1. The van der Waals surface area contributed by atoms with Gasteiger partial charge in [0.2, 0.25) is 0 Å². The van der Waals surface area contributed by atoms with Gasteiger partial charge in [-0.15, -0.1) is 11.3 Å². The molecule has 1 atom stereocenters. The summed E-state index contributed by atoms with van der Waals surface area (Å²) in [5.41, 5.74) is 0.719. The Labute approximate surface area is 128 Å². The van der Waals surface area contributed by atoms with E-state index in [2.05, 4.69) is 0 Å². The van der Waals surface area contributed by atoms with Gasteiger partial charge in [-0.1, -0.05) is 0 Å². The number of carbonyl (C=O) groups is 2. The molecule has 0 bridgehead atoms. The Hall–Kier alpha value is -1.56. The SMILES string of the molecule is CN(C(=O)OC(C)(C)C)C1CCc2scc(C(=O)O)c2C1. The predicted molar refractivity (Wildman–Crippen MR) is 81.1 cm³/mol. The van der Waals surface area contributed by atoms with Crippen LogP contribution in [-0.4, -0.2) is 40.8 Å². The largest absolute Gasteiger partial charge is 0.478 e. The molecule has 0 fully saturated rings. The van der Waals surface area contributed by atoms with Crippen LogP contribution < -0.4 is 0 Å². The molecule has 1 amide bonds. The standard InChI is InChI=1S/C15H21NO4S/c1-15(2,3)20-14(19)16(4)9-5-6-12-10(7-9)11(8-21-12)13(17)18/h8-9H,5-7H2,1-4H3,(H,17,18). The molecule has 6 heteroatoms. The van der Waals surface area contributed by atoms with Crippen LogP contribution in [0.15, 0.2) is 5.38 Å². The first-order chi connectivity index (χ1) is 9.69. The molecule has 0 spiro atoms. The molecule has 116 valence electrons. The first-order valence-electron chi connectivity index (χ1n) is 6.97. The van der Waals surface area contributed by atoms with E-state index in [-0.39, 0.29) is 12.1 Å². The molecule has 1 unspecified atom stereocenters. The normalized spacial score (nSPS) is 18.0. The Morgan fingerprint density at radius 3 is 2.67 bits per heavy atom. The van der Waals surface area contributed by atoms with Gasteiger partial charge < -0.3 is 14.7 Å². The topological polar surface area (TPSA) is 66.8 Å². The fourth-order valence-corrected chi connectivity index (χ4v) is 3.56. The number of hydrogen-bond acceptors (Lipinski definition) is 4. The third-order valence-corrected chi connectivity index (χ3v) is 4.67. The van der Waals surface area contributed by atoms with Gasteiger partial charge >= 0.3 is 12.1 Å². The fourth-order valence-electron chi connectivity index (χ4n) is 2.48. The van der Waals surface area contributed by atoms with E-state index in [1.54, 1.807) is 17.3 Å². The summed E-state index contributed by atoms with van der Waals surface area (Å²) in [6, 6.07) is -0.0138. The highest BCUT2D eigenvalue weighted by atomic mass is 32.1. The number of fused-ring (bicyclic) bond motifs is 1. The second kappa shape index (κ2) is 5.67. The predicted octanol–water partition coefficient (Wildman–Crippen LogP) is 3.17. The third-order valence-electron chi connectivity index (χ3n) is 3.58. The molecule has 0 radical (unpaired) electrons. The molecule has 1 aromatic rings. The molecule has 1 aliphatic carbocycles. The summed E-state index contributed by atoms with van der Waals surface area (Å²) in [5, 5.41) is 10.9. The van der Waals surface area contributed by atoms with Gasteiger partial charge in [-0.3, -0.25) is 0 Å². The van der Waals surface area contributed by atoms with Gasteiger partial charge in [0.25, 0.3) is 0 Å². The maximum atomic E-state index is 12.1. The quantitative estimate of drug-likeness (QED) is 0.911. The van der Waals surface area contributed by atoms with Gasteiger partial charge in [0.1, 0.15) is 5.60 Å². The maximum absolute atomic E-state index is 12.1. The summed E-state index contributed by atoms with van der Waals surface area (Å²) in [6.07, 6.45) is 1.87. The van der Waals surface area contributed by atoms with E-state index < -0.39 is 11.6 Å². The van der Waals surface area contributed by atoms with Crippen molar-refractivity contribution in [3.05, 3.63) is 21.4 Å². The second-order valence-electron chi connectivity index (χ2n) is 6.34. The van der Waals surface area contributed by atoms with E-state index in [4.69, 9.17) is 4.74 Å². The summed E-state index contributed by atoms with van der Waals surface area (Å²) in [4.78, 5) is 26.1. The Morgan fingerprint density at radius 2 is 2.10 bits per heavy atom. The minimum absolute atomic E-state index is 0.0138. The number of nitrogens with zero attached hydrogens (tertiary/aromatic N) is 1. The number of carbonyl (C=O) groups excluding carboxylic acids is 1. The highest BCUT2D eigenvalue weighted by molar-refractivity contribution is 7.10. The molecule has 5 nitrogen and oxygen atoms in total. The minimum atomic E-state index is -0.895. The molecular weight excluding hydrogens is 290 g/mol. The van der Waals surface area contributed by atoms with Gasteiger partial charge in [0, 0.05) is 23.3 Å². The van der Waals surface area contributed by atoms with Crippen LogP contribution in [0.4, 0.5) is 4.79 Å². The highest BCUT2D eigenvalue weighted by Crippen LogP contribution is 2.32. The molecular formula is C15H21NO4S. The number of hydrogen-bond donors (Lipinski definition) is 1. The first-order valence-corrected chi connectivity index (χ1v) is 7.85. The summed E-state index contributed by atoms with van der Waals surface area (Å²) < 4.78 is 5.37. The molecule has 0 saturated carbocycles. The Morgan fingerprint density at radius 1 is 1.43 bits per heavy atom. The lowest BCUT2D eigenvalue weighted by atomic mass is 9.91. The van der Waals surface area contributed by atoms with Crippen LogP contribution in [0.2, 0.25) is 0 Å². The Balaban J connectivity index is 2.11. The first kappa shape index (κ1) is 15.8. The monoisotopic (exact) mass is 311 g/mol. The van der Waals surface area contributed by atoms with Crippen LogP contribution >= 0.6 is 11.3 Å². The molecule has 21 heavy (non-hydrogen) atoms. The number of carboxylic acid groups (broad SMARTS) is 1. The summed E-state index contributed by atoms with van der Waals surface area (Å²) in [6.45, 7) is 5.50. The molecule has 0 aromatic carbocycles. The number of carboxylic acids is 1. The van der Waals surface area contributed by atoms with E-state index in [1.165, 1.54) is 11.3 Å². The number of ether oxygens (including phenoxy) is 1. The van der Waals surface area contributed by atoms with Crippen molar-refractivity contribution in [2.24, 2.45) is 0 Å². The maximum Gasteiger partial charge on any atom is 0.410 e. The van der Waals surface area contributed by atoms with E-state index in [9.17, 15) is 14.7 Å². The van der Waals surface area contributed by atoms with Crippen molar-refractivity contribution in [2.45, 2.75) is 51.7 Å². The van der Waals surface area contributed by atoms with Gasteiger partial charge in [0.05, 0.1) is 5.56 Å². The number of aromatic carboxylic acids is 1. The van der Waals surface area contributed by atoms with Crippen molar-refractivity contribution in [3.8, 4) is 0 Å². The lowest BCUT2D eigenvalue weighted by Gasteiger charge is -2.33. The minimum Gasteiger partial charge on any atom is -0.478 e. The average molecular weight is 311 g/mol. The van der Waals surface area contributed by atoms with Crippen LogP contribution in [0.1, 0.15) is 48.0 Å². The van der Waals surface area contributed by atoms with Crippen molar-refractivity contribution in [3.63, 3.8) is 0 Å². The number of aryl methyl sites for hydroxylation is 1. The Bertz CT molecular complexity index is 559. The number of amides is 1. The van der Waals surface area contributed by atoms with E-state index in [0.717, 1.165) is 23.3 Å². The molecule has 2 rings (SSSR count). The van der Waals surface area contributed by atoms with Crippen LogP contribution in [0, 0.1) is 0 Å². The molecule has 1 aliphatic rings. The van der Waals surface area contributed by atoms with Crippen LogP contribution in [0.25, 0.3) is 0 Å². The molecule has 1 aromatic heterocycles. The zero-order valence-electron chi connectivity index (χ0n) is 12.8. The van der Waals surface area contributed by atoms with Gasteiger partial charge in [-0.05, 0) is 45.6 Å². The summed E-state index contributed by atoms with van der Waals surface area (Å²) in [7, 11) is 1.72.